The van der Waals surface area contributed by atoms with E-state index in [1.807, 2.05) is 0 Å². The first kappa shape index (κ1) is 19.5. The fourth-order valence-electron chi connectivity index (χ4n) is 4.90. The molecular weight excluding hydrogens is 341 g/mol. The van der Waals surface area contributed by atoms with Gasteiger partial charge < -0.3 is 16.8 Å². The minimum Gasteiger partial charge on any atom is -0.401 e. The molecule has 0 spiro atoms. The minimum atomic E-state index is -0.728. The van der Waals surface area contributed by atoms with Crippen LogP contribution in [0.15, 0.2) is 41.6 Å². The first-order valence-corrected chi connectivity index (χ1v) is 9.63. The predicted molar refractivity (Wildman–Crippen MR) is 107 cm³/mol. The van der Waals surface area contributed by atoms with Gasteiger partial charge in [0.2, 0.25) is 5.91 Å². The van der Waals surface area contributed by atoms with E-state index in [4.69, 9.17) is 11.5 Å². The predicted octanol–water partition coefficient (Wildman–Crippen LogP) is 3.55. The van der Waals surface area contributed by atoms with Gasteiger partial charge in [0.1, 0.15) is 5.82 Å². The van der Waals surface area contributed by atoms with Crippen LogP contribution in [0.2, 0.25) is 0 Å². The summed E-state index contributed by atoms with van der Waals surface area (Å²) in [7, 11) is 0. The summed E-state index contributed by atoms with van der Waals surface area (Å²) in [6, 6.07) is 6.43. The first-order chi connectivity index (χ1) is 12.6. The largest absolute Gasteiger partial charge is 0.401 e. The van der Waals surface area contributed by atoms with Crippen LogP contribution in [-0.4, -0.2) is 12.5 Å². The lowest BCUT2D eigenvalue weighted by Gasteiger charge is -2.38. The molecule has 3 rings (SSSR count). The summed E-state index contributed by atoms with van der Waals surface area (Å²) in [5.74, 6) is 0.132. The second kappa shape index (κ2) is 6.70. The lowest BCUT2D eigenvalue weighted by Crippen LogP contribution is -2.49. The van der Waals surface area contributed by atoms with Crippen LogP contribution in [0.3, 0.4) is 0 Å². The van der Waals surface area contributed by atoms with Crippen LogP contribution >= 0.6 is 0 Å². The standard InChI is InChI=1S/C22H30FN3O/c1-13(2)12-26-20(27)22-10-9-16(21(22,3)4)15(19(22)25)11-18(24)14-7-5-6-8-17(14)23/h5-8,11,13,16H,9-10,12,24-25H2,1-4H3,(H,26,27)/b18-11-/t16?,22-/m1/s1. The van der Waals surface area contributed by atoms with Crippen molar-refractivity contribution in [3.8, 4) is 0 Å². The highest BCUT2D eigenvalue weighted by atomic mass is 19.1. The van der Waals surface area contributed by atoms with Gasteiger partial charge in [-0.3, -0.25) is 4.79 Å². The summed E-state index contributed by atoms with van der Waals surface area (Å²) in [5.41, 5.74) is 13.9. The number of hydrogen-bond acceptors (Lipinski definition) is 3. The Morgan fingerprint density at radius 1 is 1.37 bits per heavy atom. The van der Waals surface area contributed by atoms with Gasteiger partial charge in [0.15, 0.2) is 0 Å². The topological polar surface area (TPSA) is 81.1 Å². The van der Waals surface area contributed by atoms with Crippen LogP contribution in [0, 0.1) is 28.5 Å². The van der Waals surface area contributed by atoms with E-state index in [-0.39, 0.29) is 23.1 Å². The Hall–Kier alpha value is -2.30. The van der Waals surface area contributed by atoms with Crippen molar-refractivity contribution in [2.45, 2.75) is 40.5 Å². The number of nitrogens with one attached hydrogen (secondary N) is 1. The monoisotopic (exact) mass is 371 g/mol. The normalized spacial score (nSPS) is 26.7. The van der Waals surface area contributed by atoms with Gasteiger partial charge in [-0.05, 0) is 53.9 Å². The molecule has 5 heteroatoms. The molecule has 2 aliphatic carbocycles. The van der Waals surface area contributed by atoms with E-state index in [0.29, 0.717) is 29.4 Å². The van der Waals surface area contributed by atoms with Crippen molar-refractivity contribution >= 4 is 11.6 Å². The molecule has 1 aromatic rings. The van der Waals surface area contributed by atoms with Crippen molar-refractivity contribution in [3.63, 3.8) is 0 Å². The van der Waals surface area contributed by atoms with Crippen LogP contribution in [0.25, 0.3) is 5.70 Å². The van der Waals surface area contributed by atoms with Crippen LogP contribution in [0.1, 0.15) is 46.1 Å². The molecule has 0 saturated heterocycles. The number of allylic oxidation sites excluding steroid dienone is 2. The zero-order valence-corrected chi connectivity index (χ0v) is 16.6. The van der Waals surface area contributed by atoms with Gasteiger partial charge in [-0.25, -0.2) is 4.39 Å². The number of hydrogen-bond donors (Lipinski definition) is 3. The zero-order valence-electron chi connectivity index (χ0n) is 16.6. The maximum absolute atomic E-state index is 14.1. The smallest absolute Gasteiger partial charge is 0.232 e. The van der Waals surface area contributed by atoms with Crippen molar-refractivity contribution in [1.29, 1.82) is 0 Å². The number of amides is 1. The number of halogens is 1. The molecule has 1 aromatic carbocycles. The average molecular weight is 372 g/mol. The van der Waals surface area contributed by atoms with Crippen molar-refractivity contribution in [2.24, 2.45) is 34.1 Å². The Bertz CT molecular complexity index is 825. The third-order valence-corrected chi connectivity index (χ3v) is 6.48. The number of carbonyl (C=O) groups is 1. The summed E-state index contributed by atoms with van der Waals surface area (Å²) in [6.45, 7) is 8.96. The molecule has 0 aromatic heterocycles. The summed E-state index contributed by atoms with van der Waals surface area (Å²) in [6.07, 6.45) is 3.38. The van der Waals surface area contributed by atoms with Crippen molar-refractivity contribution in [3.05, 3.63) is 53.0 Å². The number of benzene rings is 1. The van der Waals surface area contributed by atoms with Gasteiger partial charge >= 0.3 is 0 Å². The molecule has 0 radical (unpaired) electrons. The van der Waals surface area contributed by atoms with E-state index >= 15 is 0 Å². The van der Waals surface area contributed by atoms with Gasteiger partial charge in [-0.1, -0.05) is 39.8 Å². The van der Waals surface area contributed by atoms with Gasteiger partial charge in [0.05, 0.1) is 5.41 Å². The number of fused-ring (bicyclic) bond motifs is 2. The zero-order chi connectivity index (χ0) is 20.0. The van der Waals surface area contributed by atoms with Crippen LogP contribution in [0.5, 0.6) is 0 Å². The van der Waals surface area contributed by atoms with Crippen LogP contribution in [0.4, 0.5) is 4.39 Å². The van der Waals surface area contributed by atoms with Crippen molar-refractivity contribution in [1.82, 2.24) is 5.32 Å². The van der Waals surface area contributed by atoms with E-state index in [9.17, 15) is 9.18 Å². The molecule has 5 N–H and O–H groups in total. The molecule has 27 heavy (non-hydrogen) atoms. The van der Waals surface area contributed by atoms with Gasteiger partial charge in [-0.2, -0.15) is 0 Å². The molecular formula is C22H30FN3O. The Labute approximate surface area is 160 Å². The van der Waals surface area contributed by atoms with E-state index in [1.54, 1.807) is 24.3 Å². The highest BCUT2D eigenvalue weighted by Crippen LogP contribution is 2.67. The summed E-state index contributed by atoms with van der Waals surface area (Å²) < 4.78 is 14.1. The highest BCUT2D eigenvalue weighted by Gasteiger charge is 2.66. The Morgan fingerprint density at radius 3 is 2.67 bits per heavy atom. The molecule has 2 aliphatic rings. The molecule has 1 unspecified atom stereocenters. The Balaban J connectivity index is 2.02. The van der Waals surface area contributed by atoms with E-state index in [1.165, 1.54) is 6.07 Å². The first-order valence-electron chi connectivity index (χ1n) is 9.63. The number of carbonyl (C=O) groups excluding carboxylic acids is 1. The number of nitrogens with two attached hydrogens (primary N) is 2. The lowest BCUT2D eigenvalue weighted by atomic mass is 9.67. The third-order valence-electron chi connectivity index (χ3n) is 6.48. The molecule has 2 bridgehead atoms. The third kappa shape index (κ3) is 2.84. The second-order valence-electron chi connectivity index (χ2n) is 8.77. The van der Waals surface area contributed by atoms with Gasteiger partial charge in [-0.15, -0.1) is 0 Å². The second-order valence-corrected chi connectivity index (χ2v) is 8.77. The summed E-state index contributed by atoms with van der Waals surface area (Å²) in [4.78, 5) is 13.2. The minimum absolute atomic E-state index is 0.00550. The molecule has 0 heterocycles. The molecule has 1 fully saturated rings. The van der Waals surface area contributed by atoms with Gasteiger partial charge in [0, 0.05) is 23.5 Å². The van der Waals surface area contributed by atoms with Gasteiger partial charge in [0.25, 0.3) is 0 Å². The molecule has 4 nitrogen and oxygen atoms in total. The SMILES string of the molecule is CC(C)CNC(=O)[C@@]12CCC(C(/C=C(\N)c3ccccc3F)=C1N)C2(C)C. The molecule has 1 saturated carbocycles. The summed E-state index contributed by atoms with van der Waals surface area (Å²) >= 11 is 0. The van der Waals surface area contributed by atoms with Crippen LogP contribution in [-0.2, 0) is 4.79 Å². The number of rotatable bonds is 5. The maximum Gasteiger partial charge on any atom is 0.232 e. The molecule has 1 amide bonds. The van der Waals surface area contributed by atoms with Crippen molar-refractivity contribution in [2.75, 3.05) is 6.54 Å². The lowest BCUT2D eigenvalue weighted by molar-refractivity contribution is -0.133. The average Bonchev–Trinajstić information content (AvgIpc) is 2.96. The fourth-order valence-corrected chi connectivity index (χ4v) is 4.90. The van der Waals surface area contributed by atoms with E-state index in [0.717, 1.165) is 18.4 Å². The molecule has 146 valence electrons. The Kier molecular flexibility index (Phi) is 4.83. The molecule has 0 aliphatic heterocycles. The highest BCUT2D eigenvalue weighted by molar-refractivity contribution is 5.89. The van der Waals surface area contributed by atoms with E-state index < -0.39 is 5.41 Å². The van der Waals surface area contributed by atoms with Crippen LogP contribution < -0.4 is 16.8 Å². The Morgan fingerprint density at radius 2 is 2.04 bits per heavy atom. The van der Waals surface area contributed by atoms with Crippen molar-refractivity contribution < 1.29 is 9.18 Å². The van der Waals surface area contributed by atoms with E-state index in [2.05, 4.69) is 33.0 Å². The fraction of sp³-hybridized carbons (Fsp3) is 0.500. The summed E-state index contributed by atoms with van der Waals surface area (Å²) in [5, 5.41) is 3.08. The molecule has 2 atom stereocenters. The maximum atomic E-state index is 14.1. The quantitative estimate of drug-likeness (QED) is 0.740.